The van der Waals surface area contributed by atoms with Crippen LogP contribution in [-0.4, -0.2) is 70.4 Å². The first kappa shape index (κ1) is 14.5. The van der Waals surface area contributed by atoms with Gasteiger partial charge < -0.3 is 9.64 Å². The van der Waals surface area contributed by atoms with Gasteiger partial charge in [0.25, 0.3) is 0 Å². The molecular weight excluding hydrogens is 268 g/mol. The fourth-order valence-corrected chi connectivity index (χ4v) is 3.39. The quantitative estimate of drug-likeness (QED) is 0.803. The maximum Gasteiger partial charge on any atom is 0.228 e. The number of aryl methyl sites for hydroxylation is 1. The van der Waals surface area contributed by atoms with Crippen LogP contribution in [0.25, 0.3) is 0 Å². The Kier molecular flexibility index (Phi) is 4.26. The van der Waals surface area contributed by atoms with E-state index in [1.807, 2.05) is 24.2 Å². The first-order valence-electron chi connectivity index (χ1n) is 7.79. The lowest BCUT2D eigenvalue weighted by Gasteiger charge is -2.46. The SMILES string of the molecule is CCN1CCO[C@H]2CCN(C(=O)Cc3ccn(C)n3)C[C@@H]21. The molecule has 2 atom stereocenters. The second-order valence-electron chi connectivity index (χ2n) is 5.89. The number of carbonyl (C=O) groups is 1. The van der Waals surface area contributed by atoms with Crippen LogP contribution in [0.15, 0.2) is 12.3 Å². The summed E-state index contributed by atoms with van der Waals surface area (Å²) in [5.41, 5.74) is 0.844. The van der Waals surface area contributed by atoms with Gasteiger partial charge in [0.1, 0.15) is 0 Å². The highest BCUT2D eigenvalue weighted by molar-refractivity contribution is 5.78. The number of morpholine rings is 1. The van der Waals surface area contributed by atoms with Crippen LogP contribution in [-0.2, 0) is 23.0 Å². The molecule has 0 aromatic carbocycles. The Bertz CT molecular complexity index is 496. The normalized spacial score (nSPS) is 26.7. The number of hydrogen-bond acceptors (Lipinski definition) is 4. The fraction of sp³-hybridized carbons (Fsp3) is 0.733. The number of hydrogen-bond donors (Lipinski definition) is 0. The van der Waals surface area contributed by atoms with E-state index in [2.05, 4.69) is 16.9 Å². The molecule has 0 unspecified atom stereocenters. The zero-order valence-electron chi connectivity index (χ0n) is 12.9. The van der Waals surface area contributed by atoms with E-state index in [9.17, 15) is 4.79 Å². The standard InChI is InChI=1S/C15H24N4O2/c1-3-18-8-9-21-14-5-7-19(11-13(14)18)15(20)10-12-4-6-17(2)16-12/h4,6,13-14H,3,5,7-11H2,1-2H3/t13-,14-/m0/s1. The molecule has 0 radical (unpaired) electrons. The number of fused-ring (bicyclic) bond motifs is 1. The zero-order valence-corrected chi connectivity index (χ0v) is 12.9. The van der Waals surface area contributed by atoms with Gasteiger partial charge in [-0.15, -0.1) is 0 Å². The molecule has 1 aromatic rings. The van der Waals surface area contributed by atoms with E-state index in [1.165, 1.54) is 0 Å². The lowest BCUT2D eigenvalue weighted by atomic mass is 9.98. The minimum atomic E-state index is 0.175. The number of aromatic nitrogens is 2. The molecule has 2 aliphatic rings. The molecule has 3 rings (SSSR count). The van der Waals surface area contributed by atoms with Gasteiger partial charge in [-0.2, -0.15) is 5.10 Å². The van der Waals surface area contributed by atoms with Crippen LogP contribution in [0.5, 0.6) is 0 Å². The molecule has 6 nitrogen and oxygen atoms in total. The summed E-state index contributed by atoms with van der Waals surface area (Å²) in [6.45, 7) is 6.56. The van der Waals surface area contributed by atoms with E-state index in [0.29, 0.717) is 12.5 Å². The number of amides is 1. The van der Waals surface area contributed by atoms with Gasteiger partial charge in [0.15, 0.2) is 0 Å². The van der Waals surface area contributed by atoms with Crippen molar-refractivity contribution in [2.45, 2.75) is 31.9 Å². The number of carbonyl (C=O) groups excluding carboxylic acids is 1. The van der Waals surface area contributed by atoms with Crippen molar-refractivity contribution in [2.24, 2.45) is 7.05 Å². The Morgan fingerprint density at radius 1 is 1.48 bits per heavy atom. The number of likely N-dealkylation sites (N-methyl/N-ethyl adjacent to an activating group) is 1. The summed E-state index contributed by atoms with van der Waals surface area (Å²) in [5.74, 6) is 0.175. The summed E-state index contributed by atoms with van der Waals surface area (Å²) < 4.78 is 7.61. The third-order valence-corrected chi connectivity index (χ3v) is 4.56. The Hall–Kier alpha value is -1.40. The second kappa shape index (κ2) is 6.15. The molecule has 0 saturated carbocycles. The van der Waals surface area contributed by atoms with E-state index < -0.39 is 0 Å². The molecule has 6 heteroatoms. The number of piperidine rings is 1. The van der Waals surface area contributed by atoms with Crippen LogP contribution in [0.4, 0.5) is 0 Å². The molecule has 2 saturated heterocycles. The third kappa shape index (κ3) is 3.11. The van der Waals surface area contributed by atoms with Gasteiger partial charge in [-0.05, 0) is 19.0 Å². The Morgan fingerprint density at radius 2 is 2.33 bits per heavy atom. The Labute approximate surface area is 125 Å². The molecule has 116 valence electrons. The molecule has 0 aliphatic carbocycles. The van der Waals surface area contributed by atoms with Crippen molar-refractivity contribution in [3.05, 3.63) is 18.0 Å². The summed E-state index contributed by atoms with van der Waals surface area (Å²) in [4.78, 5) is 16.9. The number of rotatable bonds is 3. The maximum atomic E-state index is 12.5. The van der Waals surface area contributed by atoms with E-state index >= 15 is 0 Å². The molecule has 1 aromatic heterocycles. The van der Waals surface area contributed by atoms with Crippen molar-refractivity contribution in [1.29, 1.82) is 0 Å². The molecule has 1 amide bonds. The van der Waals surface area contributed by atoms with Crippen molar-refractivity contribution in [2.75, 3.05) is 32.8 Å². The minimum Gasteiger partial charge on any atom is -0.375 e. The van der Waals surface area contributed by atoms with Crippen molar-refractivity contribution in [3.63, 3.8) is 0 Å². The van der Waals surface area contributed by atoms with Gasteiger partial charge in [0.2, 0.25) is 5.91 Å². The Morgan fingerprint density at radius 3 is 3.05 bits per heavy atom. The van der Waals surface area contributed by atoms with Crippen LogP contribution in [0.3, 0.4) is 0 Å². The number of nitrogens with zero attached hydrogens (tertiary/aromatic N) is 4. The topological polar surface area (TPSA) is 50.6 Å². The number of ether oxygens (including phenoxy) is 1. The molecular formula is C15H24N4O2. The largest absolute Gasteiger partial charge is 0.375 e. The highest BCUT2D eigenvalue weighted by atomic mass is 16.5. The highest BCUT2D eigenvalue weighted by Gasteiger charge is 2.37. The molecule has 3 heterocycles. The monoisotopic (exact) mass is 292 g/mol. The summed E-state index contributed by atoms with van der Waals surface area (Å²) in [7, 11) is 1.87. The van der Waals surface area contributed by atoms with Crippen LogP contribution >= 0.6 is 0 Å². The van der Waals surface area contributed by atoms with Crippen molar-refractivity contribution in [1.82, 2.24) is 19.6 Å². The smallest absolute Gasteiger partial charge is 0.228 e. The van der Waals surface area contributed by atoms with Crippen LogP contribution in [0.1, 0.15) is 19.0 Å². The summed E-state index contributed by atoms with van der Waals surface area (Å²) in [5, 5.41) is 4.29. The van der Waals surface area contributed by atoms with E-state index in [0.717, 1.165) is 44.9 Å². The van der Waals surface area contributed by atoms with E-state index in [1.54, 1.807) is 4.68 Å². The fourth-order valence-electron chi connectivity index (χ4n) is 3.39. The van der Waals surface area contributed by atoms with Crippen LogP contribution in [0.2, 0.25) is 0 Å². The minimum absolute atomic E-state index is 0.175. The van der Waals surface area contributed by atoms with Crippen molar-refractivity contribution in [3.8, 4) is 0 Å². The maximum absolute atomic E-state index is 12.5. The van der Waals surface area contributed by atoms with E-state index in [4.69, 9.17) is 4.74 Å². The van der Waals surface area contributed by atoms with Crippen LogP contribution < -0.4 is 0 Å². The Balaban J connectivity index is 1.62. The molecule has 0 bridgehead atoms. The zero-order chi connectivity index (χ0) is 14.8. The molecule has 21 heavy (non-hydrogen) atoms. The summed E-state index contributed by atoms with van der Waals surface area (Å²) in [6, 6.07) is 2.26. The lowest BCUT2D eigenvalue weighted by Crippen LogP contribution is -2.60. The van der Waals surface area contributed by atoms with Gasteiger partial charge in [0, 0.05) is 32.9 Å². The van der Waals surface area contributed by atoms with Crippen LogP contribution in [0, 0.1) is 0 Å². The predicted octanol–water partition coefficient (Wildman–Crippen LogP) is 0.284. The van der Waals surface area contributed by atoms with Gasteiger partial charge in [-0.3, -0.25) is 14.4 Å². The summed E-state index contributed by atoms with van der Waals surface area (Å²) >= 11 is 0. The number of likely N-dealkylation sites (tertiary alicyclic amines) is 1. The van der Waals surface area contributed by atoms with Crippen molar-refractivity contribution < 1.29 is 9.53 Å². The predicted molar refractivity (Wildman–Crippen MR) is 78.9 cm³/mol. The molecule has 0 spiro atoms. The second-order valence-corrected chi connectivity index (χ2v) is 5.89. The first-order chi connectivity index (χ1) is 10.2. The van der Waals surface area contributed by atoms with Crippen molar-refractivity contribution >= 4 is 5.91 Å². The highest BCUT2D eigenvalue weighted by Crippen LogP contribution is 2.23. The van der Waals surface area contributed by atoms with Gasteiger partial charge in [0.05, 0.1) is 30.9 Å². The summed E-state index contributed by atoms with van der Waals surface area (Å²) in [6.07, 6.45) is 3.50. The molecule has 2 fully saturated rings. The molecule has 2 aliphatic heterocycles. The van der Waals surface area contributed by atoms with Gasteiger partial charge in [-0.25, -0.2) is 0 Å². The van der Waals surface area contributed by atoms with Gasteiger partial charge >= 0.3 is 0 Å². The average Bonchev–Trinajstić information content (AvgIpc) is 2.91. The van der Waals surface area contributed by atoms with Gasteiger partial charge in [-0.1, -0.05) is 6.92 Å². The van der Waals surface area contributed by atoms with E-state index in [-0.39, 0.29) is 12.0 Å². The third-order valence-electron chi connectivity index (χ3n) is 4.56. The molecule has 0 N–H and O–H groups in total. The lowest BCUT2D eigenvalue weighted by molar-refractivity contribution is -0.142. The average molecular weight is 292 g/mol. The first-order valence-corrected chi connectivity index (χ1v) is 7.79.